The van der Waals surface area contributed by atoms with Crippen molar-refractivity contribution in [2.45, 2.75) is 29.8 Å². The van der Waals surface area contributed by atoms with Crippen LogP contribution in [0.5, 0.6) is 11.5 Å². The van der Waals surface area contributed by atoms with Gasteiger partial charge in [0.05, 0.1) is 4.90 Å². The number of carbonyl (C=O) groups is 1. The van der Waals surface area contributed by atoms with Gasteiger partial charge < -0.3 is 19.5 Å². The van der Waals surface area contributed by atoms with Crippen LogP contribution in [-0.2, 0) is 14.8 Å². The van der Waals surface area contributed by atoms with E-state index in [1.54, 1.807) is 11.0 Å². The van der Waals surface area contributed by atoms with Crippen molar-refractivity contribution in [2.75, 3.05) is 32.9 Å². The molecule has 136 valence electrons. The van der Waals surface area contributed by atoms with E-state index in [-0.39, 0.29) is 22.9 Å². The smallest absolute Gasteiger partial charge is 0.248 e. The lowest BCUT2D eigenvalue weighted by atomic mass is 10.1. The first-order chi connectivity index (χ1) is 12.0. The zero-order valence-corrected chi connectivity index (χ0v) is 14.4. The molecule has 0 saturated carbocycles. The molecule has 0 aromatic heterocycles. The van der Waals surface area contributed by atoms with Crippen LogP contribution < -0.4 is 9.47 Å². The predicted octanol–water partition coefficient (Wildman–Crippen LogP) is -0.186. The summed E-state index contributed by atoms with van der Waals surface area (Å²) in [5.74, 6) is 0.641. The largest absolute Gasteiger partial charge is 0.486 e. The molecule has 1 N–H and O–H groups in total. The fourth-order valence-corrected chi connectivity index (χ4v) is 5.68. The second kappa shape index (κ2) is 6.15. The van der Waals surface area contributed by atoms with Gasteiger partial charge >= 0.3 is 0 Å². The second-order valence-corrected chi connectivity index (χ2v) is 8.27. The van der Waals surface area contributed by atoms with E-state index >= 15 is 0 Å². The molecule has 9 heteroatoms. The molecule has 2 fully saturated rings. The Morgan fingerprint density at radius 1 is 1.12 bits per heavy atom. The molecule has 2 atom stereocenters. The molecule has 4 rings (SSSR count). The highest BCUT2D eigenvalue weighted by atomic mass is 32.2. The Morgan fingerprint density at radius 3 is 2.60 bits per heavy atom. The van der Waals surface area contributed by atoms with Crippen LogP contribution in [-0.4, -0.2) is 73.6 Å². The number of sulfonamides is 1. The van der Waals surface area contributed by atoms with Gasteiger partial charge in [-0.1, -0.05) is 0 Å². The summed E-state index contributed by atoms with van der Waals surface area (Å²) >= 11 is 0. The Morgan fingerprint density at radius 2 is 1.84 bits per heavy atom. The Hall–Kier alpha value is -1.84. The van der Waals surface area contributed by atoms with Gasteiger partial charge in [0.25, 0.3) is 0 Å². The maximum Gasteiger partial charge on any atom is 0.248 e. The number of likely N-dealkylation sites (tertiary alicyclic amines) is 1. The number of benzene rings is 1. The van der Waals surface area contributed by atoms with Crippen molar-refractivity contribution in [3.8, 4) is 11.5 Å². The molecule has 3 heterocycles. The van der Waals surface area contributed by atoms with E-state index < -0.39 is 16.6 Å². The standard InChI is InChI=1S/C16H20N2O6S/c19-10-16(20)17-5-3-13-12(17)4-6-18(13)25(21,22)11-1-2-14-15(9-11)24-8-7-23-14/h1-2,9,12-13,19H,3-8,10H2/t12-,13-/m0/s1. The van der Waals surface area contributed by atoms with Crippen molar-refractivity contribution in [3.05, 3.63) is 18.2 Å². The van der Waals surface area contributed by atoms with Gasteiger partial charge in [-0.15, -0.1) is 0 Å². The maximum atomic E-state index is 13.1. The summed E-state index contributed by atoms with van der Waals surface area (Å²) in [6.45, 7) is 1.13. The van der Waals surface area contributed by atoms with Gasteiger partial charge in [0.15, 0.2) is 11.5 Å². The molecule has 0 spiro atoms. The van der Waals surface area contributed by atoms with Gasteiger partial charge in [0.1, 0.15) is 19.8 Å². The van der Waals surface area contributed by atoms with Gasteiger partial charge in [0.2, 0.25) is 15.9 Å². The number of nitrogens with zero attached hydrogens (tertiary/aromatic N) is 2. The first-order valence-corrected chi connectivity index (χ1v) is 9.78. The highest BCUT2D eigenvalue weighted by Crippen LogP contribution is 2.38. The number of rotatable bonds is 3. The lowest BCUT2D eigenvalue weighted by molar-refractivity contribution is -0.134. The van der Waals surface area contributed by atoms with Crippen LogP contribution in [0, 0.1) is 0 Å². The molecule has 1 amide bonds. The van der Waals surface area contributed by atoms with Gasteiger partial charge in [-0.05, 0) is 25.0 Å². The monoisotopic (exact) mass is 368 g/mol. The molecule has 0 bridgehead atoms. The molecular formula is C16H20N2O6S. The lowest BCUT2D eigenvalue weighted by Crippen LogP contribution is -2.42. The summed E-state index contributed by atoms with van der Waals surface area (Å²) in [6.07, 6.45) is 1.17. The predicted molar refractivity (Wildman–Crippen MR) is 86.9 cm³/mol. The van der Waals surface area contributed by atoms with Crippen molar-refractivity contribution in [1.29, 1.82) is 0 Å². The highest BCUT2D eigenvalue weighted by molar-refractivity contribution is 7.89. The molecule has 1 aromatic rings. The molecule has 2 saturated heterocycles. The van der Waals surface area contributed by atoms with E-state index in [0.29, 0.717) is 50.6 Å². The van der Waals surface area contributed by atoms with Crippen molar-refractivity contribution in [1.82, 2.24) is 9.21 Å². The van der Waals surface area contributed by atoms with Crippen LogP contribution in [0.3, 0.4) is 0 Å². The minimum absolute atomic E-state index is 0.161. The molecule has 0 radical (unpaired) electrons. The Labute approximate surface area is 146 Å². The third kappa shape index (κ3) is 2.66. The molecule has 3 aliphatic heterocycles. The summed E-state index contributed by atoms with van der Waals surface area (Å²) in [7, 11) is -3.68. The molecular weight excluding hydrogens is 348 g/mol. The summed E-state index contributed by atoms with van der Waals surface area (Å²) in [6, 6.07) is 4.25. The van der Waals surface area contributed by atoms with Crippen molar-refractivity contribution in [2.24, 2.45) is 0 Å². The third-order valence-corrected chi connectivity index (χ3v) is 7.02. The van der Waals surface area contributed by atoms with Gasteiger partial charge in [-0.2, -0.15) is 4.31 Å². The van der Waals surface area contributed by atoms with E-state index in [0.717, 1.165) is 0 Å². The summed E-state index contributed by atoms with van der Waals surface area (Å²) in [4.78, 5) is 13.6. The average Bonchev–Trinajstić information content (AvgIpc) is 3.22. The fraction of sp³-hybridized carbons (Fsp3) is 0.562. The number of aliphatic hydroxyl groups excluding tert-OH is 1. The number of aliphatic hydroxyl groups is 1. The maximum absolute atomic E-state index is 13.1. The minimum atomic E-state index is -3.68. The van der Waals surface area contributed by atoms with Gasteiger partial charge in [-0.3, -0.25) is 4.79 Å². The zero-order chi connectivity index (χ0) is 17.6. The van der Waals surface area contributed by atoms with Gasteiger partial charge in [-0.25, -0.2) is 8.42 Å². The Bertz CT molecular complexity index is 796. The number of carbonyl (C=O) groups excluding carboxylic acids is 1. The number of hydrogen-bond donors (Lipinski definition) is 1. The number of ether oxygens (including phenoxy) is 2. The minimum Gasteiger partial charge on any atom is -0.486 e. The zero-order valence-electron chi connectivity index (χ0n) is 13.6. The fourth-order valence-electron chi connectivity index (χ4n) is 3.97. The van der Waals surface area contributed by atoms with E-state index in [4.69, 9.17) is 14.6 Å². The van der Waals surface area contributed by atoms with E-state index in [9.17, 15) is 13.2 Å². The van der Waals surface area contributed by atoms with Crippen LogP contribution in [0.4, 0.5) is 0 Å². The Balaban J connectivity index is 1.60. The van der Waals surface area contributed by atoms with E-state index in [1.807, 2.05) is 0 Å². The SMILES string of the molecule is O=C(CO)N1CC[C@H]2[C@@H]1CCN2S(=O)(=O)c1ccc2c(c1)OCCO2. The number of hydrogen-bond acceptors (Lipinski definition) is 6. The quantitative estimate of drug-likeness (QED) is 0.795. The molecule has 0 unspecified atom stereocenters. The van der Waals surface area contributed by atoms with Crippen LogP contribution in [0.15, 0.2) is 23.1 Å². The van der Waals surface area contributed by atoms with Crippen molar-refractivity contribution >= 4 is 15.9 Å². The second-order valence-electron chi connectivity index (χ2n) is 6.38. The molecule has 3 aliphatic rings. The van der Waals surface area contributed by atoms with E-state index in [1.165, 1.54) is 16.4 Å². The van der Waals surface area contributed by atoms with Gasteiger partial charge in [0, 0.05) is 31.2 Å². The van der Waals surface area contributed by atoms with Crippen LogP contribution in [0.2, 0.25) is 0 Å². The van der Waals surface area contributed by atoms with E-state index in [2.05, 4.69) is 0 Å². The third-order valence-electron chi connectivity index (χ3n) is 5.10. The van der Waals surface area contributed by atoms with Crippen LogP contribution in [0.1, 0.15) is 12.8 Å². The van der Waals surface area contributed by atoms with Crippen LogP contribution >= 0.6 is 0 Å². The van der Waals surface area contributed by atoms with Crippen molar-refractivity contribution in [3.63, 3.8) is 0 Å². The number of fused-ring (bicyclic) bond motifs is 2. The lowest BCUT2D eigenvalue weighted by Gasteiger charge is -2.25. The molecule has 8 nitrogen and oxygen atoms in total. The normalized spacial score (nSPS) is 25.9. The number of amides is 1. The average molecular weight is 368 g/mol. The first kappa shape index (κ1) is 16.6. The summed E-state index contributed by atoms with van der Waals surface area (Å²) in [5, 5.41) is 9.08. The first-order valence-electron chi connectivity index (χ1n) is 8.34. The Kier molecular flexibility index (Phi) is 4.09. The van der Waals surface area contributed by atoms with Crippen molar-refractivity contribution < 1.29 is 27.8 Å². The topological polar surface area (TPSA) is 96.4 Å². The molecule has 0 aliphatic carbocycles. The van der Waals surface area contributed by atoms with Crippen LogP contribution in [0.25, 0.3) is 0 Å². The summed E-state index contributed by atoms with van der Waals surface area (Å²) < 4.78 is 38.6. The summed E-state index contributed by atoms with van der Waals surface area (Å²) in [5.41, 5.74) is 0. The highest BCUT2D eigenvalue weighted by Gasteiger charge is 2.48. The molecule has 1 aromatic carbocycles. The molecule has 25 heavy (non-hydrogen) atoms.